The molecule has 3 rings (SSSR count). The fourth-order valence-electron chi connectivity index (χ4n) is 3.16. The SMILES string of the molecule is CC(=O)Nc1cccc([C@@H](C)NC(=O)Nc2ccccc2-n2nc(C)cc2C)c1. The molecule has 0 fully saturated rings. The van der Waals surface area contributed by atoms with Crippen LogP contribution in [0.15, 0.2) is 54.6 Å². The van der Waals surface area contributed by atoms with Crippen molar-refractivity contribution in [2.45, 2.75) is 33.7 Å². The summed E-state index contributed by atoms with van der Waals surface area (Å²) in [4.78, 5) is 23.9. The minimum atomic E-state index is -0.323. The number of anilines is 2. The minimum Gasteiger partial charge on any atom is -0.331 e. The van der Waals surface area contributed by atoms with E-state index in [1.807, 2.05) is 80.1 Å². The lowest BCUT2D eigenvalue weighted by atomic mass is 10.1. The third kappa shape index (κ3) is 5.01. The van der Waals surface area contributed by atoms with Crippen LogP contribution in [0, 0.1) is 13.8 Å². The highest BCUT2D eigenvalue weighted by molar-refractivity contribution is 5.92. The third-order valence-electron chi connectivity index (χ3n) is 4.44. The Morgan fingerprint density at radius 2 is 1.76 bits per heavy atom. The first kappa shape index (κ1) is 20.1. The van der Waals surface area contributed by atoms with Crippen LogP contribution < -0.4 is 16.0 Å². The molecule has 7 heteroatoms. The first-order valence-electron chi connectivity index (χ1n) is 9.41. The molecule has 3 amide bonds. The van der Waals surface area contributed by atoms with Crippen molar-refractivity contribution in [1.82, 2.24) is 15.1 Å². The number of aromatic nitrogens is 2. The first-order valence-corrected chi connectivity index (χ1v) is 9.41. The van der Waals surface area contributed by atoms with E-state index in [1.165, 1.54) is 6.92 Å². The van der Waals surface area contributed by atoms with E-state index in [1.54, 1.807) is 0 Å². The van der Waals surface area contributed by atoms with Crippen LogP contribution in [-0.2, 0) is 4.79 Å². The van der Waals surface area contributed by atoms with Crippen LogP contribution >= 0.6 is 0 Å². The Hall–Kier alpha value is -3.61. The highest BCUT2D eigenvalue weighted by Crippen LogP contribution is 2.22. The largest absolute Gasteiger partial charge is 0.331 e. The Kier molecular flexibility index (Phi) is 5.97. The molecule has 1 aromatic heterocycles. The van der Waals surface area contributed by atoms with Gasteiger partial charge in [0.2, 0.25) is 5.91 Å². The molecule has 0 saturated heterocycles. The molecule has 0 aliphatic carbocycles. The van der Waals surface area contributed by atoms with E-state index >= 15 is 0 Å². The monoisotopic (exact) mass is 391 g/mol. The maximum absolute atomic E-state index is 12.6. The Morgan fingerprint density at radius 3 is 2.45 bits per heavy atom. The second kappa shape index (κ2) is 8.60. The summed E-state index contributed by atoms with van der Waals surface area (Å²) in [5, 5.41) is 13.1. The molecule has 29 heavy (non-hydrogen) atoms. The second-order valence-corrected chi connectivity index (χ2v) is 6.98. The molecule has 1 heterocycles. The lowest BCUT2D eigenvalue weighted by Gasteiger charge is -2.17. The highest BCUT2D eigenvalue weighted by atomic mass is 16.2. The van der Waals surface area contributed by atoms with Crippen LogP contribution in [0.2, 0.25) is 0 Å². The Bertz CT molecular complexity index is 1040. The molecule has 150 valence electrons. The molecule has 3 N–H and O–H groups in total. The fourth-order valence-corrected chi connectivity index (χ4v) is 3.16. The molecule has 0 aliphatic rings. The predicted octanol–water partition coefficient (Wildman–Crippen LogP) is 4.33. The molecule has 0 aliphatic heterocycles. The number of benzene rings is 2. The first-order chi connectivity index (χ1) is 13.8. The number of para-hydroxylation sites is 2. The third-order valence-corrected chi connectivity index (χ3v) is 4.44. The summed E-state index contributed by atoms with van der Waals surface area (Å²) in [6.07, 6.45) is 0. The summed E-state index contributed by atoms with van der Waals surface area (Å²) in [5.74, 6) is -0.138. The zero-order valence-corrected chi connectivity index (χ0v) is 17.0. The molecule has 0 saturated carbocycles. The summed E-state index contributed by atoms with van der Waals surface area (Å²) >= 11 is 0. The van der Waals surface area contributed by atoms with Crippen molar-refractivity contribution in [3.05, 3.63) is 71.5 Å². The molecular formula is C22H25N5O2. The van der Waals surface area contributed by atoms with Gasteiger partial charge in [0.25, 0.3) is 0 Å². The average Bonchev–Trinajstić information content (AvgIpc) is 2.99. The summed E-state index contributed by atoms with van der Waals surface area (Å²) in [7, 11) is 0. The lowest BCUT2D eigenvalue weighted by molar-refractivity contribution is -0.114. The highest BCUT2D eigenvalue weighted by Gasteiger charge is 2.14. The number of carbonyl (C=O) groups excluding carboxylic acids is 2. The molecule has 0 unspecified atom stereocenters. The summed E-state index contributed by atoms with van der Waals surface area (Å²) in [6, 6.07) is 16.3. The van der Waals surface area contributed by atoms with Gasteiger partial charge in [-0.1, -0.05) is 24.3 Å². The zero-order valence-electron chi connectivity index (χ0n) is 17.0. The van der Waals surface area contributed by atoms with Crippen molar-refractivity contribution >= 4 is 23.3 Å². The normalized spacial score (nSPS) is 11.6. The zero-order chi connectivity index (χ0) is 21.0. The van der Waals surface area contributed by atoms with E-state index in [4.69, 9.17) is 0 Å². The maximum Gasteiger partial charge on any atom is 0.319 e. The number of aryl methyl sites for hydroxylation is 2. The second-order valence-electron chi connectivity index (χ2n) is 6.98. The number of hydrogen-bond donors (Lipinski definition) is 3. The summed E-state index contributed by atoms with van der Waals surface area (Å²) in [5.41, 5.74) is 4.94. The Morgan fingerprint density at radius 1 is 1.00 bits per heavy atom. The standard InChI is InChI=1S/C22H25N5O2/c1-14-12-15(2)27(26-14)21-11-6-5-10-20(21)25-22(29)23-16(3)18-8-7-9-19(13-18)24-17(4)28/h5-13,16H,1-4H3,(H,24,28)(H2,23,25,29)/t16-/m1/s1. The number of hydrogen-bond acceptors (Lipinski definition) is 3. The van der Waals surface area contributed by atoms with Crippen molar-refractivity contribution in [3.63, 3.8) is 0 Å². The topological polar surface area (TPSA) is 88.0 Å². The number of urea groups is 1. The van der Waals surface area contributed by atoms with Gasteiger partial charge in [0, 0.05) is 18.3 Å². The molecule has 0 bridgehead atoms. The maximum atomic E-state index is 12.6. The van der Waals surface area contributed by atoms with E-state index in [2.05, 4.69) is 21.0 Å². The smallest absolute Gasteiger partial charge is 0.319 e. The molecule has 0 radical (unpaired) electrons. The number of nitrogens with one attached hydrogen (secondary N) is 3. The number of amides is 3. The van der Waals surface area contributed by atoms with Crippen LogP contribution in [0.4, 0.5) is 16.2 Å². The van der Waals surface area contributed by atoms with Crippen molar-refractivity contribution < 1.29 is 9.59 Å². The quantitative estimate of drug-likeness (QED) is 0.605. The minimum absolute atomic E-state index is 0.138. The van der Waals surface area contributed by atoms with Crippen LogP contribution in [0.3, 0.4) is 0 Å². The molecule has 2 aromatic carbocycles. The average molecular weight is 391 g/mol. The van der Waals surface area contributed by atoms with Crippen LogP contribution in [-0.4, -0.2) is 21.7 Å². The van der Waals surface area contributed by atoms with Crippen molar-refractivity contribution in [1.29, 1.82) is 0 Å². The Balaban J connectivity index is 1.73. The van der Waals surface area contributed by atoms with Gasteiger partial charge in [-0.15, -0.1) is 0 Å². The van der Waals surface area contributed by atoms with E-state index in [0.717, 1.165) is 22.6 Å². The Labute approximate surface area is 170 Å². The van der Waals surface area contributed by atoms with E-state index in [-0.39, 0.29) is 18.0 Å². The van der Waals surface area contributed by atoms with Gasteiger partial charge in [-0.3, -0.25) is 4.79 Å². The molecule has 1 atom stereocenters. The number of rotatable bonds is 5. The van der Waals surface area contributed by atoms with Gasteiger partial charge in [-0.2, -0.15) is 5.10 Å². The van der Waals surface area contributed by atoms with Gasteiger partial charge in [0.1, 0.15) is 0 Å². The van der Waals surface area contributed by atoms with E-state index in [9.17, 15) is 9.59 Å². The molecule has 7 nitrogen and oxygen atoms in total. The van der Waals surface area contributed by atoms with Crippen molar-refractivity contribution in [2.24, 2.45) is 0 Å². The van der Waals surface area contributed by atoms with E-state index < -0.39 is 0 Å². The van der Waals surface area contributed by atoms with Gasteiger partial charge in [0.05, 0.1) is 23.1 Å². The van der Waals surface area contributed by atoms with Crippen molar-refractivity contribution in [3.8, 4) is 5.69 Å². The van der Waals surface area contributed by atoms with Gasteiger partial charge in [0.15, 0.2) is 0 Å². The molecular weight excluding hydrogens is 366 g/mol. The van der Waals surface area contributed by atoms with Gasteiger partial charge < -0.3 is 16.0 Å². The summed E-state index contributed by atoms with van der Waals surface area (Å²) < 4.78 is 1.81. The lowest BCUT2D eigenvalue weighted by Crippen LogP contribution is -2.31. The molecule has 3 aromatic rings. The predicted molar refractivity (Wildman–Crippen MR) is 114 cm³/mol. The van der Waals surface area contributed by atoms with Gasteiger partial charge in [-0.05, 0) is 56.7 Å². The summed E-state index contributed by atoms with van der Waals surface area (Å²) in [6.45, 7) is 7.26. The van der Waals surface area contributed by atoms with Crippen molar-refractivity contribution in [2.75, 3.05) is 10.6 Å². The van der Waals surface area contributed by atoms with Gasteiger partial charge in [-0.25, -0.2) is 9.48 Å². The van der Waals surface area contributed by atoms with E-state index in [0.29, 0.717) is 11.4 Å². The fraction of sp³-hybridized carbons (Fsp3) is 0.227. The molecule has 0 spiro atoms. The van der Waals surface area contributed by atoms with Crippen LogP contribution in [0.1, 0.15) is 36.8 Å². The number of nitrogens with zero attached hydrogens (tertiary/aromatic N) is 2. The van der Waals surface area contributed by atoms with Gasteiger partial charge >= 0.3 is 6.03 Å². The van der Waals surface area contributed by atoms with Crippen LogP contribution in [0.5, 0.6) is 0 Å². The van der Waals surface area contributed by atoms with Crippen LogP contribution in [0.25, 0.3) is 5.69 Å². The number of carbonyl (C=O) groups is 2.